The molecule has 0 saturated carbocycles. The predicted molar refractivity (Wildman–Crippen MR) is 132 cm³/mol. The van der Waals surface area contributed by atoms with Crippen molar-refractivity contribution in [1.29, 1.82) is 0 Å². The Morgan fingerprint density at radius 3 is 2.86 bits per heavy atom. The van der Waals surface area contributed by atoms with E-state index in [1.807, 2.05) is 31.2 Å². The Morgan fingerprint density at radius 2 is 2.09 bits per heavy atom. The van der Waals surface area contributed by atoms with E-state index in [0.717, 1.165) is 16.9 Å². The number of ketones is 1. The van der Waals surface area contributed by atoms with Crippen LogP contribution in [0.4, 0.5) is 11.4 Å². The number of fused-ring (bicyclic) bond motifs is 4. The van der Waals surface area contributed by atoms with Crippen molar-refractivity contribution in [3.05, 3.63) is 99.4 Å². The first kappa shape index (κ1) is 21.9. The van der Waals surface area contributed by atoms with E-state index in [1.165, 1.54) is 12.3 Å². The zero-order valence-electron chi connectivity index (χ0n) is 18.9. The molecule has 2 saturated heterocycles. The van der Waals surface area contributed by atoms with Crippen LogP contribution in [0.25, 0.3) is 0 Å². The minimum Gasteiger partial charge on any atom is -0.324 e. The van der Waals surface area contributed by atoms with Gasteiger partial charge in [0, 0.05) is 64.9 Å². The number of non-ortho nitro benzene ring substituents is 1. The number of nitro groups is 1. The fourth-order valence-electron chi connectivity index (χ4n) is 6.10. The number of nitrogens with zero attached hydrogens (tertiary/aromatic N) is 3. The van der Waals surface area contributed by atoms with Gasteiger partial charge in [0.1, 0.15) is 5.54 Å². The monoisotopic (exact) mass is 486 g/mol. The summed E-state index contributed by atoms with van der Waals surface area (Å²) in [5, 5.41) is 14.6. The molecule has 1 amide bonds. The third kappa shape index (κ3) is 3.08. The molecule has 6 rings (SSSR count). The van der Waals surface area contributed by atoms with Crippen LogP contribution in [0.15, 0.2) is 67.0 Å². The van der Waals surface area contributed by atoms with Crippen LogP contribution >= 0.6 is 11.8 Å². The molecule has 1 N–H and O–H groups in total. The molecule has 4 heterocycles. The second-order valence-electron chi connectivity index (χ2n) is 9.27. The Balaban J connectivity index is 1.63. The molecule has 4 atom stereocenters. The lowest BCUT2D eigenvalue weighted by atomic mass is 9.69. The molecule has 0 unspecified atom stereocenters. The summed E-state index contributed by atoms with van der Waals surface area (Å²) in [6.45, 7) is 1.97. The maximum atomic E-state index is 14.3. The van der Waals surface area contributed by atoms with Crippen molar-refractivity contribution in [2.75, 3.05) is 16.9 Å². The number of pyridine rings is 1. The summed E-state index contributed by atoms with van der Waals surface area (Å²) >= 11 is 1.71. The molecule has 0 aliphatic carbocycles. The number of hydrogen-bond acceptors (Lipinski definition) is 7. The Kier molecular flexibility index (Phi) is 5.01. The number of benzene rings is 2. The van der Waals surface area contributed by atoms with Crippen molar-refractivity contribution in [1.82, 2.24) is 9.88 Å². The summed E-state index contributed by atoms with van der Waals surface area (Å²) in [5.41, 5.74) is 2.39. The highest BCUT2D eigenvalue weighted by Gasteiger charge is 2.69. The van der Waals surface area contributed by atoms with Gasteiger partial charge in [0.15, 0.2) is 5.78 Å². The molecule has 2 aromatic carbocycles. The predicted octanol–water partition coefficient (Wildman–Crippen LogP) is 4.12. The zero-order valence-corrected chi connectivity index (χ0v) is 19.7. The molecule has 0 bridgehead atoms. The first-order chi connectivity index (χ1) is 16.9. The number of aromatic nitrogens is 1. The average Bonchev–Trinajstić information content (AvgIpc) is 3.52. The van der Waals surface area contributed by atoms with Gasteiger partial charge in [-0.3, -0.25) is 29.6 Å². The lowest BCUT2D eigenvalue weighted by Crippen LogP contribution is -2.52. The number of aryl methyl sites for hydroxylation is 1. The molecule has 2 fully saturated rings. The minimum absolute atomic E-state index is 0.0275. The standard InChI is InChI=1S/C26H22N4O4S/c1-15-7-8-20-19(10-15)26(25(32)28-20)23(24(31)17-5-3-9-27-12-17)22(21-13-35-14-29(21)26)16-4-2-6-18(11-16)30(33)34/h2-12,21-23H,13-14H2,1H3,(H,28,32)/t21-,22-,23+,26+/m0/s1. The molecular weight excluding hydrogens is 464 g/mol. The molecule has 3 aromatic rings. The highest BCUT2D eigenvalue weighted by molar-refractivity contribution is 7.99. The van der Waals surface area contributed by atoms with Crippen molar-refractivity contribution in [3.8, 4) is 0 Å². The second-order valence-corrected chi connectivity index (χ2v) is 10.3. The second kappa shape index (κ2) is 8.00. The van der Waals surface area contributed by atoms with E-state index in [1.54, 1.807) is 42.2 Å². The van der Waals surface area contributed by atoms with Crippen LogP contribution < -0.4 is 5.32 Å². The van der Waals surface area contributed by atoms with Crippen LogP contribution in [-0.2, 0) is 10.3 Å². The van der Waals surface area contributed by atoms with Crippen molar-refractivity contribution in [2.24, 2.45) is 5.92 Å². The van der Waals surface area contributed by atoms with E-state index in [4.69, 9.17) is 0 Å². The van der Waals surface area contributed by atoms with Gasteiger partial charge in [-0.25, -0.2) is 0 Å². The van der Waals surface area contributed by atoms with Crippen molar-refractivity contribution in [2.45, 2.75) is 24.4 Å². The van der Waals surface area contributed by atoms with Crippen LogP contribution in [0, 0.1) is 23.0 Å². The van der Waals surface area contributed by atoms with Gasteiger partial charge in [-0.2, -0.15) is 0 Å². The molecule has 8 nitrogen and oxygen atoms in total. The molecule has 3 aliphatic heterocycles. The van der Waals surface area contributed by atoms with Gasteiger partial charge in [0.25, 0.3) is 5.69 Å². The molecule has 9 heteroatoms. The van der Waals surface area contributed by atoms with Gasteiger partial charge >= 0.3 is 0 Å². The quantitative estimate of drug-likeness (QED) is 0.336. The van der Waals surface area contributed by atoms with Gasteiger partial charge in [-0.1, -0.05) is 29.8 Å². The van der Waals surface area contributed by atoms with Gasteiger partial charge in [0.2, 0.25) is 5.91 Å². The normalized spacial score (nSPS) is 27.0. The van der Waals surface area contributed by atoms with Crippen molar-refractivity contribution < 1.29 is 14.5 Å². The number of nitrogens with one attached hydrogen (secondary N) is 1. The van der Waals surface area contributed by atoms with Gasteiger partial charge < -0.3 is 5.32 Å². The number of carbonyl (C=O) groups is 2. The first-order valence-corrected chi connectivity index (χ1v) is 12.5. The summed E-state index contributed by atoms with van der Waals surface area (Å²) in [6, 6.07) is 15.6. The number of hydrogen-bond donors (Lipinski definition) is 1. The van der Waals surface area contributed by atoms with E-state index in [9.17, 15) is 19.7 Å². The van der Waals surface area contributed by atoms with Crippen LogP contribution in [0.1, 0.15) is 33.0 Å². The topological polar surface area (TPSA) is 105 Å². The van der Waals surface area contributed by atoms with Crippen LogP contribution in [-0.4, -0.2) is 44.2 Å². The number of carbonyl (C=O) groups excluding carboxylic acids is 2. The van der Waals surface area contributed by atoms with Crippen LogP contribution in [0.5, 0.6) is 0 Å². The van der Waals surface area contributed by atoms with Gasteiger partial charge in [0.05, 0.1) is 10.8 Å². The lowest BCUT2D eigenvalue weighted by molar-refractivity contribution is -0.384. The number of rotatable bonds is 4. The summed E-state index contributed by atoms with van der Waals surface area (Å²) < 4.78 is 0. The average molecular weight is 487 g/mol. The fraction of sp³-hybridized carbons (Fsp3) is 0.269. The largest absolute Gasteiger partial charge is 0.324 e. The molecule has 1 spiro atoms. The van der Waals surface area contributed by atoms with Crippen LogP contribution in [0.2, 0.25) is 0 Å². The van der Waals surface area contributed by atoms with E-state index < -0.39 is 22.3 Å². The molecule has 0 radical (unpaired) electrons. The Labute approximate surface area is 205 Å². The fourth-order valence-corrected chi connectivity index (χ4v) is 7.42. The minimum atomic E-state index is -1.21. The Bertz CT molecular complexity index is 1380. The first-order valence-electron chi connectivity index (χ1n) is 11.4. The van der Waals surface area contributed by atoms with Gasteiger partial charge in [-0.05, 0) is 30.7 Å². The lowest BCUT2D eigenvalue weighted by Gasteiger charge is -2.36. The third-order valence-corrected chi connectivity index (χ3v) is 8.51. The highest BCUT2D eigenvalue weighted by atomic mass is 32.2. The highest BCUT2D eigenvalue weighted by Crippen LogP contribution is 2.61. The molecule has 35 heavy (non-hydrogen) atoms. The molecular formula is C26H22N4O4S. The Morgan fingerprint density at radius 1 is 1.23 bits per heavy atom. The van der Waals surface area contributed by atoms with E-state index in [2.05, 4.69) is 15.2 Å². The molecule has 176 valence electrons. The van der Waals surface area contributed by atoms with Crippen LogP contribution in [0.3, 0.4) is 0 Å². The maximum absolute atomic E-state index is 14.3. The summed E-state index contributed by atoms with van der Waals surface area (Å²) in [5.74, 6) is -0.273. The number of nitro benzene ring substituents is 1. The van der Waals surface area contributed by atoms with Crippen molar-refractivity contribution in [3.63, 3.8) is 0 Å². The smallest absolute Gasteiger partial charge is 0.269 e. The van der Waals surface area contributed by atoms with Gasteiger partial charge in [-0.15, -0.1) is 11.8 Å². The summed E-state index contributed by atoms with van der Waals surface area (Å²) in [6.07, 6.45) is 3.14. The third-order valence-electron chi connectivity index (χ3n) is 7.47. The SMILES string of the molecule is Cc1ccc2c(c1)[C@]1(C(=O)N2)[C@@H](C(=O)c2cccnc2)[C@@H](c2cccc([N+](=O)[O-])c2)[C@@H]2CSCN21. The van der Waals surface area contributed by atoms with E-state index in [-0.39, 0.29) is 23.4 Å². The number of anilines is 1. The maximum Gasteiger partial charge on any atom is 0.269 e. The summed E-state index contributed by atoms with van der Waals surface area (Å²) in [7, 11) is 0. The number of Topliss-reactive ketones (excluding diaryl/α,β-unsaturated/α-hetero) is 1. The zero-order chi connectivity index (χ0) is 24.3. The Hall–Kier alpha value is -3.56. The van der Waals surface area contributed by atoms with E-state index >= 15 is 0 Å². The van der Waals surface area contributed by atoms with E-state index in [0.29, 0.717) is 22.7 Å². The summed E-state index contributed by atoms with van der Waals surface area (Å²) in [4.78, 5) is 45.7. The molecule has 1 aromatic heterocycles. The molecule has 3 aliphatic rings. The van der Waals surface area contributed by atoms with Crippen molar-refractivity contribution >= 4 is 34.8 Å². The number of thioether (sulfide) groups is 1. The number of amides is 1.